The Kier molecular flexibility index (Phi) is 4.69. The summed E-state index contributed by atoms with van der Waals surface area (Å²) in [6, 6.07) is 6.14. The van der Waals surface area contributed by atoms with E-state index >= 15 is 0 Å². The largest absolute Gasteiger partial charge is 0.495 e. The number of carboxylic acid groups (broad SMARTS) is 1. The minimum atomic E-state index is -3.77. The number of sulfonamides is 1. The molecule has 1 unspecified atom stereocenters. The maximum absolute atomic E-state index is 12.0. The lowest BCUT2D eigenvalue weighted by atomic mass is 10.2. The van der Waals surface area contributed by atoms with Gasteiger partial charge in [-0.1, -0.05) is 19.1 Å². The van der Waals surface area contributed by atoms with Crippen LogP contribution in [0, 0.1) is 5.92 Å². The zero-order chi connectivity index (χ0) is 13.8. The van der Waals surface area contributed by atoms with Crippen LogP contribution >= 0.6 is 0 Å². The number of carbonyl (C=O) groups is 1. The van der Waals surface area contributed by atoms with Crippen molar-refractivity contribution >= 4 is 16.0 Å². The van der Waals surface area contributed by atoms with E-state index in [0.29, 0.717) is 0 Å². The van der Waals surface area contributed by atoms with Crippen molar-refractivity contribution in [2.75, 3.05) is 13.7 Å². The van der Waals surface area contributed by atoms with E-state index in [1.165, 1.54) is 26.2 Å². The van der Waals surface area contributed by atoms with E-state index in [2.05, 4.69) is 4.72 Å². The monoisotopic (exact) mass is 273 g/mol. The van der Waals surface area contributed by atoms with Crippen LogP contribution in [0.25, 0.3) is 0 Å². The smallest absolute Gasteiger partial charge is 0.307 e. The molecule has 0 heterocycles. The lowest BCUT2D eigenvalue weighted by Crippen LogP contribution is -2.31. The zero-order valence-corrected chi connectivity index (χ0v) is 10.9. The van der Waals surface area contributed by atoms with Crippen LogP contribution in [0.1, 0.15) is 6.92 Å². The number of benzene rings is 1. The second-order valence-corrected chi connectivity index (χ2v) is 5.48. The van der Waals surface area contributed by atoms with Crippen LogP contribution in [0.4, 0.5) is 0 Å². The summed E-state index contributed by atoms with van der Waals surface area (Å²) in [5.74, 6) is -1.64. The Morgan fingerprint density at radius 2 is 2.06 bits per heavy atom. The molecule has 1 rings (SSSR count). The summed E-state index contributed by atoms with van der Waals surface area (Å²) in [6.45, 7) is 1.25. The molecule has 100 valence electrons. The highest BCUT2D eigenvalue weighted by atomic mass is 32.2. The first-order chi connectivity index (χ1) is 8.38. The van der Waals surface area contributed by atoms with Gasteiger partial charge in [0.05, 0.1) is 13.0 Å². The standard InChI is InChI=1S/C11H15NO5S/c1-8(11(13)14)7-12-18(15,16)10-6-4-3-5-9(10)17-2/h3-6,8,12H,7H2,1-2H3,(H,13,14). The van der Waals surface area contributed by atoms with Gasteiger partial charge in [-0.15, -0.1) is 0 Å². The average Bonchev–Trinajstić information content (AvgIpc) is 2.35. The van der Waals surface area contributed by atoms with Gasteiger partial charge in [-0.05, 0) is 12.1 Å². The van der Waals surface area contributed by atoms with Crippen molar-refractivity contribution in [2.24, 2.45) is 5.92 Å². The van der Waals surface area contributed by atoms with E-state index in [1.54, 1.807) is 12.1 Å². The average molecular weight is 273 g/mol. The summed E-state index contributed by atoms with van der Waals surface area (Å²) in [7, 11) is -2.40. The molecule has 7 heteroatoms. The molecule has 0 aliphatic rings. The summed E-state index contributed by atoms with van der Waals surface area (Å²) < 4.78 is 31.1. The molecule has 18 heavy (non-hydrogen) atoms. The predicted octanol–water partition coefficient (Wildman–Crippen LogP) is 0.694. The topological polar surface area (TPSA) is 92.7 Å². The van der Waals surface area contributed by atoms with Gasteiger partial charge in [-0.25, -0.2) is 13.1 Å². The SMILES string of the molecule is COc1ccccc1S(=O)(=O)NCC(C)C(=O)O. The number of hydrogen-bond acceptors (Lipinski definition) is 4. The van der Waals surface area contributed by atoms with E-state index in [4.69, 9.17) is 9.84 Å². The van der Waals surface area contributed by atoms with Gasteiger partial charge < -0.3 is 9.84 Å². The van der Waals surface area contributed by atoms with Crippen molar-refractivity contribution in [2.45, 2.75) is 11.8 Å². The molecule has 0 fully saturated rings. The second kappa shape index (κ2) is 5.83. The van der Waals surface area contributed by atoms with Crippen molar-refractivity contribution in [3.8, 4) is 5.75 Å². The molecule has 0 spiro atoms. The fourth-order valence-corrected chi connectivity index (χ4v) is 2.54. The fourth-order valence-electron chi connectivity index (χ4n) is 1.24. The Hall–Kier alpha value is -1.60. The third-order valence-electron chi connectivity index (χ3n) is 2.36. The predicted molar refractivity (Wildman–Crippen MR) is 65.0 cm³/mol. The summed E-state index contributed by atoms with van der Waals surface area (Å²) >= 11 is 0. The molecule has 1 aromatic carbocycles. The third-order valence-corrected chi connectivity index (χ3v) is 3.82. The summed E-state index contributed by atoms with van der Waals surface area (Å²) in [5.41, 5.74) is 0. The molecule has 1 atom stereocenters. The van der Waals surface area contributed by atoms with Gasteiger partial charge >= 0.3 is 5.97 Å². The van der Waals surface area contributed by atoms with Crippen molar-refractivity contribution in [3.63, 3.8) is 0 Å². The number of hydrogen-bond donors (Lipinski definition) is 2. The number of para-hydroxylation sites is 1. The number of aliphatic carboxylic acids is 1. The molecule has 0 saturated carbocycles. The molecule has 0 amide bonds. The van der Waals surface area contributed by atoms with Crippen LogP contribution in [0.5, 0.6) is 5.75 Å². The first-order valence-electron chi connectivity index (χ1n) is 5.24. The maximum atomic E-state index is 12.0. The Balaban J connectivity index is 2.90. The first kappa shape index (κ1) is 14.5. The number of nitrogens with one attached hydrogen (secondary N) is 1. The molecule has 0 bridgehead atoms. The fraction of sp³-hybridized carbons (Fsp3) is 0.364. The summed E-state index contributed by atoms with van der Waals surface area (Å²) in [5, 5.41) is 8.69. The lowest BCUT2D eigenvalue weighted by Gasteiger charge is -2.11. The van der Waals surface area contributed by atoms with Gasteiger partial charge in [-0.3, -0.25) is 4.79 Å². The Labute approximate surface area is 106 Å². The van der Waals surface area contributed by atoms with Crippen molar-refractivity contribution < 1.29 is 23.1 Å². The third kappa shape index (κ3) is 3.44. The Bertz CT molecular complexity index is 526. The molecule has 6 nitrogen and oxygen atoms in total. The summed E-state index contributed by atoms with van der Waals surface area (Å²) in [6.07, 6.45) is 0. The molecule has 0 aromatic heterocycles. The minimum absolute atomic E-state index is 0.00918. The van der Waals surface area contributed by atoms with Crippen LogP contribution < -0.4 is 9.46 Å². The molecule has 2 N–H and O–H groups in total. The zero-order valence-electron chi connectivity index (χ0n) is 10.1. The highest BCUT2D eigenvalue weighted by Gasteiger charge is 2.21. The summed E-state index contributed by atoms with van der Waals surface area (Å²) in [4.78, 5) is 10.6. The van der Waals surface area contributed by atoms with Gasteiger partial charge in [0, 0.05) is 6.54 Å². The van der Waals surface area contributed by atoms with Crippen molar-refractivity contribution in [1.82, 2.24) is 4.72 Å². The van der Waals surface area contributed by atoms with Gasteiger partial charge in [0.25, 0.3) is 0 Å². The molecule has 1 aromatic rings. The number of carboxylic acids is 1. The quantitative estimate of drug-likeness (QED) is 0.795. The number of rotatable bonds is 6. The van der Waals surface area contributed by atoms with Crippen LogP contribution in [-0.2, 0) is 14.8 Å². The van der Waals surface area contributed by atoms with Gasteiger partial charge in [0.15, 0.2) is 0 Å². The molecule has 0 aliphatic heterocycles. The first-order valence-corrected chi connectivity index (χ1v) is 6.72. The van der Waals surface area contributed by atoms with Crippen molar-refractivity contribution in [1.29, 1.82) is 0 Å². The molecular weight excluding hydrogens is 258 g/mol. The highest BCUT2D eigenvalue weighted by molar-refractivity contribution is 7.89. The van der Waals surface area contributed by atoms with Crippen molar-refractivity contribution in [3.05, 3.63) is 24.3 Å². The van der Waals surface area contributed by atoms with E-state index in [-0.39, 0.29) is 17.2 Å². The van der Waals surface area contributed by atoms with Crippen LogP contribution in [0.15, 0.2) is 29.2 Å². The van der Waals surface area contributed by atoms with Gasteiger partial charge in [0.2, 0.25) is 10.0 Å². The number of ether oxygens (including phenoxy) is 1. The minimum Gasteiger partial charge on any atom is -0.495 e. The van der Waals surface area contributed by atoms with Crippen LogP contribution in [0.2, 0.25) is 0 Å². The maximum Gasteiger partial charge on any atom is 0.307 e. The van der Waals surface area contributed by atoms with E-state index in [1.807, 2.05) is 0 Å². The molecule has 0 aliphatic carbocycles. The van der Waals surface area contributed by atoms with E-state index in [9.17, 15) is 13.2 Å². The van der Waals surface area contributed by atoms with E-state index in [0.717, 1.165) is 0 Å². The molecule has 0 saturated heterocycles. The number of methoxy groups -OCH3 is 1. The second-order valence-electron chi connectivity index (χ2n) is 3.74. The molecular formula is C11H15NO5S. The van der Waals surface area contributed by atoms with Crippen LogP contribution in [-0.4, -0.2) is 33.1 Å². The Morgan fingerprint density at radius 3 is 2.61 bits per heavy atom. The lowest BCUT2D eigenvalue weighted by molar-refractivity contribution is -0.140. The van der Waals surface area contributed by atoms with E-state index < -0.39 is 21.9 Å². The van der Waals surface area contributed by atoms with Crippen LogP contribution in [0.3, 0.4) is 0 Å². The Morgan fingerprint density at radius 1 is 1.44 bits per heavy atom. The van der Waals surface area contributed by atoms with Gasteiger partial charge in [0.1, 0.15) is 10.6 Å². The normalized spacial score (nSPS) is 13.0. The molecule has 0 radical (unpaired) electrons. The van der Waals surface area contributed by atoms with Gasteiger partial charge in [-0.2, -0.15) is 0 Å². The highest BCUT2D eigenvalue weighted by Crippen LogP contribution is 2.22.